The van der Waals surface area contributed by atoms with Gasteiger partial charge in [0.15, 0.2) is 0 Å². The van der Waals surface area contributed by atoms with E-state index in [0.717, 1.165) is 24.4 Å². The first-order valence-electron chi connectivity index (χ1n) is 8.54. The number of morpholine rings is 1. The molecule has 27 heavy (non-hydrogen) atoms. The summed E-state index contributed by atoms with van der Waals surface area (Å²) in [6.07, 6.45) is 1.37. The Bertz CT molecular complexity index is 864. The average molecular weight is 415 g/mol. The van der Waals surface area contributed by atoms with Crippen molar-refractivity contribution in [3.8, 4) is 5.75 Å². The highest BCUT2D eigenvalue weighted by Crippen LogP contribution is 2.25. The molecule has 1 aromatic carbocycles. The Morgan fingerprint density at radius 3 is 2.52 bits per heavy atom. The van der Waals surface area contributed by atoms with E-state index in [0.29, 0.717) is 13.2 Å². The van der Waals surface area contributed by atoms with E-state index in [2.05, 4.69) is 14.6 Å². The number of hydrogen-bond donors (Lipinski definition) is 1. The Hall–Kier alpha value is -1.65. The van der Waals surface area contributed by atoms with Gasteiger partial charge >= 0.3 is 0 Å². The van der Waals surface area contributed by atoms with Crippen LogP contribution < -0.4 is 9.46 Å². The number of benzene rings is 1. The summed E-state index contributed by atoms with van der Waals surface area (Å²) in [5, 5.41) is -0.0861. The van der Waals surface area contributed by atoms with Crippen molar-refractivity contribution in [2.24, 2.45) is 7.05 Å². The lowest BCUT2D eigenvalue weighted by molar-refractivity contribution is 0.0172. The standard InChI is InChI=1S/C17H23ClN4O4S/c1-21-12-19-17(16(21)18)27(23,24)20-11-15(22-7-9-26-10-8-22)13-3-5-14(25-2)6-4-13/h3-6,12,15,20H,7-11H2,1-2H3. The molecule has 1 aliphatic rings. The summed E-state index contributed by atoms with van der Waals surface area (Å²) < 4.78 is 40.0. The number of hydrogen-bond acceptors (Lipinski definition) is 6. The van der Waals surface area contributed by atoms with E-state index in [4.69, 9.17) is 21.1 Å². The molecule has 0 bridgehead atoms. The Morgan fingerprint density at radius 1 is 1.30 bits per heavy atom. The van der Waals surface area contributed by atoms with Gasteiger partial charge in [-0.25, -0.2) is 18.1 Å². The van der Waals surface area contributed by atoms with Gasteiger partial charge in [0.1, 0.15) is 10.9 Å². The van der Waals surface area contributed by atoms with Crippen LogP contribution in [0.15, 0.2) is 35.6 Å². The second-order valence-corrected chi connectivity index (χ2v) is 8.28. The SMILES string of the molecule is COc1ccc(C(CNS(=O)(=O)c2ncn(C)c2Cl)N2CCOCC2)cc1. The lowest BCUT2D eigenvalue weighted by Crippen LogP contribution is -2.43. The van der Waals surface area contributed by atoms with Gasteiger partial charge in [-0.15, -0.1) is 0 Å². The minimum atomic E-state index is -3.82. The third-order valence-corrected chi connectivity index (χ3v) is 6.45. The first kappa shape index (κ1) is 20.1. The number of aromatic nitrogens is 2. The van der Waals surface area contributed by atoms with Gasteiger partial charge in [0.2, 0.25) is 5.03 Å². The lowest BCUT2D eigenvalue weighted by atomic mass is 10.0. The fourth-order valence-electron chi connectivity index (χ4n) is 3.00. The van der Waals surface area contributed by atoms with Crippen LogP contribution in [0.25, 0.3) is 0 Å². The van der Waals surface area contributed by atoms with Crippen molar-refractivity contribution in [3.05, 3.63) is 41.3 Å². The number of ether oxygens (including phenoxy) is 2. The first-order valence-corrected chi connectivity index (χ1v) is 10.4. The maximum atomic E-state index is 12.7. The van der Waals surface area contributed by atoms with E-state index in [1.54, 1.807) is 14.2 Å². The van der Waals surface area contributed by atoms with Gasteiger partial charge < -0.3 is 14.0 Å². The molecular weight excluding hydrogens is 392 g/mol. The van der Waals surface area contributed by atoms with Crippen LogP contribution in [0, 0.1) is 0 Å². The fourth-order valence-corrected chi connectivity index (χ4v) is 4.47. The molecule has 2 heterocycles. The molecule has 2 aromatic rings. The van der Waals surface area contributed by atoms with Crippen LogP contribution in [0.1, 0.15) is 11.6 Å². The van der Waals surface area contributed by atoms with Gasteiger partial charge in [0.25, 0.3) is 10.0 Å². The molecule has 10 heteroatoms. The Morgan fingerprint density at radius 2 is 1.96 bits per heavy atom. The highest BCUT2D eigenvalue weighted by atomic mass is 35.5. The molecule has 1 N–H and O–H groups in total. The lowest BCUT2D eigenvalue weighted by Gasteiger charge is -2.34. The molecule has 1 atom stereocenters. The van der Waals surface area contributed by atoms with Crippen LogP contribution >= 0.6 is 11.6 Å². The molecule has 1 saturated heterocycles. The number of sulfonamides is 1. The predicted molar refractivity (Wildman–Crippen MR) is 102 cm³/mol. The number of rotatable bonds is 7. The summed E-state index contributed by atoms with van der Waals surface area (Å²) in [5.41, 5.74) is 0.993. The van der Waals surface area contributed by atoms with Crippen molar-refractivity contribution in [1.82, 2.24) is 19.2 Å². The largest absolute Gasteiger partial charge is 0.497 e. The molecule has 1 unspecified atom stereocenters. The summed E-state index contributed by atoms with van der Waals surface area (Å²) >= 11 is 6.05. The van der Waals surface area contributed by atoms with Crippen LogP contribution in [0.4, 0.5) is 0 Å². The third-order valence-electron chi connectivity index (χ3n) is 4.54. The zero-order valence-corrected chi connectivity index (χ0v) is 16.8. The van der Waals surface area contributed by atoms with Gasteiger partial charge in [-0.1, -0.05) is 23.7 Å². The molecule has 0 radical (unpaired) electrons. The molecule has 1 aromatic heterocycles. The number of aryl methyl sites for hydroxylation is 1. The maximum Gasteiger partial charge on any atom is 0.261 e. The normalized spacial score (nSPS) is 17.0. The molecule has 0 aliphatic carbocycles. The Labute approximate surface area is 164 Å². The molecule has 0 saturated carbocycles. The summed E-state index contributed by atoms with van der Waals surface area (Å²) in [4.78, 5) is 6.11. The summed E-state index contributed by atoms with van der Waals surface area (Å²) in [6, 6.07) is 7.49. The van der Waals surface area contributed by atoms with Crippen molar-refractivity contribution >= 4 is 21.6 Å². The zero-order chi connectivity index (χ0) is 19.4. The van der Waals surface area contributed by atoms with Gasteiger partial charge in [0, 0.05) is 32.7 Å². The highest BCUT2D eigenvalue weighted by molar-refractivity contribution is 7.89. The van der Waals surface area contributed by atoms with Crippen LogP contribution in [0.3, 0.4) is 0 Å². The number of nitrogens with zero attached hydrogens (tertiary/aromatic N) is 3. The maximum absolute atomic E-state index is 12.7. The molecule has 0 spiro atoms. The van der Waals surface area contributed by atoms with Gasteiger partial charge in [-0.2, -0.15) is 0 Å². The van der Waals surface area contributed by atoms with Crippen molar-refractivity contribution in [1.29, 1.82) is 0 Å². The molecule has 8 nitrogen and oxygen atoms in total. The van der Waals surface area contributed by atoms with Crippen molar-refractivity contribution in [2.45, 2.75) is 11.1 Å². The average Bonchev–Trinajstić information content (AvgIpc) is 3.03. The highest BCUT2D eigenvalue weighted by Gasteiger charge is 2.27. The van der Waals surface area contributed by atoms with Crippen molar-refractivity contribution in [3.63, 3.8) is 0 Å². The summed E-state index contributed by atoms with van der Waals surface area (Å²) in [5.74, 6) is 0.750. The smallest absolute Gasteiger partial charge is 0.261 e. The Balaban J connectivity index is 1.81. The van der Waals surface area contributed by atoms with Crippen LogP contribution in [0.2, 0.25) is 5.15 Å². The van der Waals surface area contributed by atoms with E-state index in [9.17, 15) is 8.42 Å². The number of imidazole rings is 1. The van der Waals surface area contributed by atoms with Crippen LogP contribution in [0.5, 0.6) is 5.75 Å². The van der Waals surface area contributed by atoms with Crippen LogP contribution in [-0.2, 0) is 21.8 Å². The van der Waals surface area contributed by atoms with Gasteiger partial charge in [-0.3, -0.25) is 4.90 Å². The van der Waals surface area contributed by atoms with E-state index >= 15 is 0 Å². The minimum Gasteiger partial charge on any atom is -0.497 e. The molecular formula is C17H23ClN4O4S. The molecule has 0 amide bonds. The monoisotopic (exact) mass is 414 g/mol. The zero-order valence-electron chi connectivity index (χ0n) is 15.3. The van der Waals surface area contributed by atoms with E-state index < -0.39 is 10.0 Å². The second-order valence-electron chi connectivity index (χ2n) is 6.24. The predicted octanol–water partition coefficient (Wildman–Crippen LogP) is 1.43. The van der Waals surface area contributed by atoms with Gasteiger partial charge in [0.05, 0.1) is 26.7 Å². The third kappa shape index (κ3) is 4.61. The quantitative estimate of drug-likeness (QED) is 0.737. The second kappa shape index (κ2) is 8.57. The van der Waals surface area contributed by atoms with E-state index in [1.807, 2.05) is 24.3 Å². The number of halogens is 1. The van der Waals surface area contributed by atoms with Crippen LogP contribution in [-0.4, -0.2) is 62.8 Å². The number of methoxy groups -OCH3 is 1. The first-order chi connectivity index (χ1) is 12.9. The van der Waals surface area contributed by atoms with E-state index in [1.165, 1.54) is 10.9 Å². The fraction of sp³-hybridized carbons (Fsp3) is 0.471. The topological polar surface area (TPSA) is 85.7 Å². The summed E-state index contributed by atoms with van der Waals surface area (Å²) in [7, 11) is -0.570. The van der Waals surface area contributed by atoms with Crippen molar-refractivity contribution in [2.75, 3.05) is 40.0 Å². The molecule has 1 aliphatic heterocycles. The van der Waals surface area contributed by atoms with Gasteiger partial charge in [-0.05, 0) is 17.7 Å². The minimum absolute atomic E-state index is 0.0786. The molecule has 3 rings (SSSR count). The Kier molecular flexibility index (Phi) is 6.38. The van der Waals surface area contributed by atoms with Crippen molar-refractivity contribution < 1.29 is 17.9 Å². The molecule has 148 valence electrons. The number of nitrogens with one attached hydrogen (secondary N) is 1. The van der Waals surface area contributed by atoms with E-state index in [-0.39, 0.29) is 22.8 Å². The molecule has 1 fully saturated rings. The summed E-state index contributed by atoms with van der Waals surface area (Å²) in [6.45, 7) is 2.88.